The fourth-order valence-electron chi connectivity index (χ4n) is 4.30. The van der Waals surface area contributed by atoms with Crippen LogP contribution in [0.5, 0.6) is 0 Å². The zero-order valence-corrected chi connectivity index (χ0v) is 20.7. The Morgan fingerprint density at radius 2 is 1.46 bits per heavy atom. The summed E-state index contributed by atoms with van der Waals surface area (Å²) in [5, 5.41) is 0. The molecule has 0 saturated carbocycles. The Balaban J connectivity index is 2.77. The van der Waals surface area contributed by atoms with Gasteiger partial charge in [0.1, 0.15) is 0 Å². The molecule has 1 unspecified atom stereocenters. The first-order valence-electron chi connectivity index (χ1n) is 11.4. The maximum atomic E-state index is 6.39. The van der Waals surface area contributed by atoms with Crippen LogP contribution in [0.2, 0.25) is 12.1 Å². The van der Waals surface area contributed by atoms with E-state index in [0.29, 0.717) is 5.41 Å². The molecule has 0 aliphatic carbocycles. The molecule has 28 heavy (non-hydrogen) atoms. The van der Waals surface area contributed by atoms with Gasteiger partial charge >= 0.3 is 0 Å². The summed E-state index contributed by atoms with van der Waals surface area (Å²) in [5.41, 5.74) is 1.93. The molecule has 0 amide bonds. The van der Waals surface area contributed by atoms with Crippen molar-refractivity contribution in [3.8, 4) is 0 Å². The first kappa shape index (κ1) is 25.4. The van der Waals surface area contributed by atoms with E-state index < -0.39 is 9.04 Å². The Labute approximate surface area is 177 Å². The SMILES string of the molecule is CCO[SiH](CCc1ccccc1)CC(CC)(CCCN(C)C)CCCN(C)C. The summed E-state index contributed by atoms with van der Waals surface area (Å²) < 4.78 is 6.39. The van der Waals surface area contributed by atoms with E-state index in [-0.39, 0.29) is 0 Å². The van der Waals surface area contributed by atoms with E-state index >= 15 is 0 Å². The molecule has 4 heteroatoms. The highest BCUT2D eigenvalue weighted by molar-refractivity contribution is 6.52. The largest absolute Gasteiger partial charge is 0.420 e. The molecule has 0 N–H and O–H groups in total. The van der Waals surface area contributed by atoms with Crippen LogP contribution in [0.15, 0.2) is 30.3 Å². The molecule has 0 heterocycles. The van der Waals surface area contributed by atoms with Gasteiger partial charge in [0.05, 0.1) is 0 Å². The van der Waals surface area contributed by atoms with Gasteiger partial charge in [-0.3, -0.25) is 0 Å². The molecule has 1 aromatic rings. The lowest BCUT2D eigenvalue weighted by atomic mass is 9.78. The highest BCUT2D eigenvalue weighted by Crippen LogP contribution is 2.40. The second-order valence-electron chi connectivity index (χ2n) is 8.97. The summed E-state index contributed by atoms with van der Waals surface area (Å²) >= 11 is 0. The van der Waals surface area contributed by atoms with Gasteiger partial charge in [0, 0.05) is 6.61 Å². The first-order chi connectivity index (χ1) is 13.4. The van der Waals surface area contributed by atoms with E-state index in [9.17, 15) is 0 Å². The Bertz CT molecular complexity index is 479. The zero-order valence-electron chi connectivity index (χ0n) is 19.5. The van der Waals surface area contributed by atoms with Gasteiger partial charge in [-0.25, -0.2) is 0 Å². The molecule has 0 bridgehead atoms. The predicted octanol–water partition coefficient (Wildman–Crippen LogP) is 5.07. The molecule has 1 aromatic carbocycles. The Hall–Kier alpha value is -0.683. The fraction of sp³-hybridized carbons (Fsp3) is 0.750. The second-order valence-corrected chi connectivity index (χ2v) is 11.5. The molecular weight excluding hydrogens is 360 g/mol. The van der Waals surface area contributed by atoms with Crippen molar-refractivity contribution in [3.63, 3.8) is 0 Å². The van der Waals surface area contributed by atoms with Crippen molar-refractivity contribution >= 4 is 9.04 Å². The molecule has 162 valence electrons. The maximum Gasteiger partial charge on any atom is 0.177 e. The second kappa shape index (κ2) is 14.3. The Morgan fingerprint density at radius 1 is 0.893 bits per heavy atom. The van der Waals surface area contributed by atoms with E-state index in [1.165, 1.54) is 69.3 Å². The number of rotatable bonds is 16. The molecule has 1 atom stereocenters. The smallest absolute Gasteiger partial charge is 0.177 e. The van der Waals surface area contributed by atoms with Crippen LogP contribution in [-0.4, -0.2) is 66.7 Å². The fourth-order valence-corrected chi connectivity index (χ4v) is 7.58. The van der Waals surface area contributed by atoms with Crippen molar-refractivity contribution in [1.82, 2.24) is 9.80 Å². The molecule has 0 saturated heterocycles. The quantitative estimate of drug-likeness (QED) is 0.356. The van der Waals surface area contributed by atoms with E-state index in [4.69, 9.17) is 4.43 Å². The monoisotopic (exact) mass is 406 g/mol. The third kappa shape index (κ3) is 10.8. The van der Waals surface area contributed by atoms with Gasteiger partial charge in [-0.05, 0) is 103 Å². The third-order valence-corrected chi connectivity index (χ3v) is 9.09. The molecule has 0 aliphatic rings. The minimum absolute atomic E-state index is 0.467. The number of nitrogens with zero attached hydrogens (tertiary/aromatic N) is 2. The van der Waals surface area contributed by atoms with Crippen molar-refractivity contribution in [1.29, 1.82) is 0 Å². The van der Waals surface area contributed by atoms with Gasteiger partial charge in [-0.1, -0.05) is 43.7 Å². The summed E-state index contributed by atoms with van der Waals surface area (Å²) in [5.74, 6) is 0. The van der Waals surface area contributed by atoms with Crippen molar-refractivity contribution in [2.45, 2.75) is 64.5 Å². The molecule has 0 radical (unpaired) electrons. The summed E-state index contributed by atoms with van der Waals surface area (Å²) in [4.78, 5) is 4.65. The van der Waals surface area contributed by atoms with E-state index in [2.05, 4.69) is 82.2 Å². The summed E-state index contributed by atoms with van der Waals surface area (Å²) in [6, 6.07) is 13.6. The van der Waals surface area contributed by atoms with Gasteiger partial charge in [0.2, 0.25) is 0 Å². The van der Waals surface area contributed by atoms with Crippen LogP contribution in [0.3, 0.4) is 0 Å². The van der Waals surface area contributed by atoms with Gasteiger partial charge < -0.3 is 14.2 Å². The van der Waals surface area contributed by atoms with Crippen LogP contribution in [0.4, 0.5) is 0 Å². The van der Waals surface area contributed by atoms with Crippen molar-refractivity contribution in [2.75, 3.05) is 47.9 Å². The lowest BCUT2D eigenvalue weighted by Crippen LogP contribution is -2.32. The van der Waals surface area contributed by atoms with Gasteiger partial charge in [-0.15, -0.1) is 0 Å². The van der Waals surface area contributed by atoms with Gasteiger partial charge in [0.15, 0.2) is 9.04 Å². The molecule has 3 nitrogen and oxygen atoms in total. The van der Waals surface area contributed by atoms with Crippen LogP contribution < -0.4 is 0 Å². The van der Waals surface area contributed by atoms with E-state index in [0.717, 1.165) is 6.61 Å². The molecule has 0 spiro atoms. The first-order valence-corrected chi connectivity index (χ1v) is 13.5. The van der Waals surface area contributed by atoms with Crippen LogP contribution in [-0.2, 0) is 10.8 Å². The average molecular weight is 407 g/mol. The molecular formula is C24H46N2OSi. The van der Waals surface area contributed by atoms with E-state index in [1.807, 2.05) is 0 Å². The highest BCUT2D eigenvalue weighted by Gasteiger charge is 2.32. The molecule has 0 aliphatic heterocycles. The minimum atomic E-state index is -1.21. The lowest BCUT2D eigenvalue weighted by Gasteiger charge is -2.37. The van der Waals surface area contributed by atoms with Crippen molar-refractivity contribution in [2.24, 2.45) is 5.41 Å². The predicted molar refractivity (Wildman–Crippen MR) is 127 cm³/mol. The zero-order chi connectivity index (χ0) is 20.8. The number of aryl methyl sites for hydroxylation is 1. The van der Waals surface area contributed by atoms with Crippen LogP contribution in [0.25, 0.3) is 0 Å². The minimum Gasteiger partial charge on any atom is -0.420 e. The van der Waals surface area contributed by atoms with Crippen LogP contribution >= 0.6 is 0 Å². The van der Waals surface area contributed by atoms with Gasteiger partial charge in [-0.2, -0.15) is 0 Å². The third-order valence-electron chi connectivity index (χ3n) is 6.04. The average Bonchev–Trinajstić information content (AvgIpc) is 2.66. The van der Waals surface area contributed by atoms with Crippen molar-refractivity contribution < 1.29 is 4.43 Å². The molecule has 0 aromatic heterocycles. The topological polar surface area (TPSA) is 15.7 Å². The summed E-state index contributed by atoms with van der Waals surface area (Å²) in [7, 11) is 7.56. The number of hydrogen-bond acceptors (Lipinski definition) is 3. The Kier molecular flexibility index (Phi) is 13.0. The normalized spacial score (nSPS) is 13.4. The number of hydrogen-bond donors (Lipinski definition) is 0. The van der Waals surface area contributed by atoms with E-state index in [1.54, 1.807) is 0 Å². The summed E-state index contributed by atoms with van der Waals surface area (Å²) in [6.07, 6.45) is 7.75. The molecule has 0 fully saturated rings. The number of benzene rings is 1. The van der Waals surface area contributed by atoms with Gasteiger partial charge in [0.25, 0.3) is 0 Å². The van der Waals surface area contributed by atoms with Crippen LogP contribution in [0, 0.1) is 5.41 Å². The molecule has 1 rings (SSSR count). The van der Waals surface area contributed by atoms with Crippen LogP contribution in [0.1, 0.15) is 51.5 Å². The summed E-state index contributed by atoms with van der Waals surface area (Å²) in [6.45, 7) is 7.86. The highest BCUT2D eigenvalue weighted by atomic mass is 28.3. The lowest BCUT2D eigenvalue weighted by molar-refractivity contribution is 0.210. The maximum absolute atomic E-state index is 6.39. The Morgan fingerprint density at radius 3 is 1.93 bits per heavy atom. The standard InChI is InChI=1S/C24H46N2OSi/c1-7-24(17-12-19-25(3)4,18-13-20-26(5)6)22-28(27-8-2)21-16-23-14-10-9-11-15-23/h9-11,14-15,28H,7-8,12-13,16-22H2,1-6H3. The van der Waals surface area contributed by atoms with Crippen molar-refractivity contribution in [3.05, 3.63) is 35.9 Å².